The molecule has 1 aliphatic rings. The van der Waals surface area contributed by atoms with Crippen molar-refractivity contribution in [3.05, 3.63) is 89.7 Å². The zero-order valence-electron chi connectivity index (χ0n) is 18.4. The van der Waals surface area contributed by atoms with Gasteiger partial charge in [0.2, 0.25) is 0 Å². The molecule has 6 heteroatoms. The molecule has 2 unspecified atom stereocenters. The molecule has 0 saturated carbocycles. The fraction of sp³-hybridized carbons (Fsp3) is 0.360. The van der Waals surface area contributed by atoms with Crippen LogP contribution in [0.5, 0.6) is 0 Å². The quantitative estimate of drug-likeness (QED) is 0.459. The minimum absolute atomic E-state index is 0.393. The standard InChI is InChI=1S/C25H32N6/c1-20-15-24(19-30(20)17-21-9-4-3-5-10-21)29-25(26-2)27-16-22-11-6-7-12-23(22)18-31-14-8-13-28-31/h3-14,20,24H,15-19H2,1-2H3,(H2,26,27,29). The summed E-state index contributed by atoms with van der Waals surface area (Å²) in [5.41, 5.74) is 3.88. The Morgan fingerprint density at radius 2 is 1.81 bits per heavy atom. The summed E-state index contributed by atoms with van der Waals surface area (Å²) in [7, 11) is 1.84. The zero-order valence-corrected chi connectivity index (χ0v) is 18.4. The molecular formula is C25H32N6. The number of aromatic nitrogens is 2. The Hall–Kier alpha value is -3.12. The second-order valence-electron chi connectivity index (χ2n) is 8.24. The van der Waals surface area contributed by atoms with Crippen LogP contribution >= 0.6 is 0 Å². The van der Waals surface area contributed by atoms with E-state index in [1.165, 1.54) is 16.7 Å². The smallest absolute Gasteiger partial charge is 0.191 e. The fourth-order valence-corrected chi connectivity index (χ4v) is 4.26. The first-order valence-corrected chi connectivity index (χ1v) is 11.0. The molecule has 1 aliphatic heterocycles. The van der Waals surface area contributed by atoms with Crippen LogP contribution in [0, 0.1) is 0 Å². The van der Waals surface area contributed by atoms with Gasteiger partial charge in [-0.1, -0.05) is 54.6 Å². The van der Waals surface area contributed by atoms with E-state index in [0.717, 1.165) is 38.6 Å². The van der Waals surface area contributed by atoms with Crippen LogP contribution in [0.1, 0.15) is 30.0 Å². The van der Waals surface area contributed by atoms with Crippen molar-refractivity contribution in [3.8, 4) is 0 Å². The third-order valence-electron chi connectivity index (χ3n) is 5.95. The average molecular weight is 417 g/mol. The zero-order chi connectivity index (χ0) is 21.5. The molecule has 3 aromatic rings. The van der Waals surface area contributed by atoms with Crippen molar-refractivity contribution < 1.29 is 0 Å². The summed E-state index contributed by atoms with van der Waals surface area (Å²) in [6.07, 6.45) is 4.92. The Morgan fingerprint density at radius 3 is 2.55 bits per heavy atom. The van der Waals surface area contributed by atoms with E-state index in [-0.39, 0.29) is 0 Å². The van der Waals surface area contributed by atoms with Gasteiger partial charge in [0.1, 0.15) is 0 Å². The average Bonchev–Trinajstić information content (AvgIpc) is 3.42. The molecule has 1 aromatic heterocycles. The van der Waals surface area contributed by atoms with Gasteiger partial charge in [0.15, 0.2) is 5.96 Å². The monoisotopic (exact) mass is 416 g/mol. The molecule has 31 heavy (non-hydrogen) atoms. The molecule has 0 spiro atoms. The maximum absolute atomic E-state index is 4.46. The van der Waals surface area contributed by atoms with E-state index in [1.54, 1.807) is 0 Å². The van der Waals surface area contributed by atoms with Crippen LogP contribution in [0.15, 0.2) is 78.0 Å². The largest absolute Gasteiger partial charge is 0.352 e. The minimum Gasteiger partial charge on any atom is -0.352 e. The first-order chi connectivity index (χ1) is 15.2. The van der Waals surface area contributed by atoms with Gasteiger partial charge in [-0.2, -0.15) is 5.10 Å². The van der Waals surface area contributed by atoms with Crippen molar-refractivity contribution in [1.29, 1.82) is 0 Å². The van der Waals surface area contributed by atoms with Crippen LogP contribution in [0.2, 0.25) is 0 Å². The molecule has 2 atom stereocenters. The summed E-state index contributed by atoms with van der Waals surface area (Å²) >= 11 is 0. The number of hydrogen-bond donors (Lipinski definition) is 2. The summed E-state index contributed by atoms with van der Waals surface area (Å²) in [6.45, 7) is 5.82. The number of likely N-dealkylation sites (tertiary alicyclic amines) is 1. The Kier molecular flexibility index (Phi) is 6.99. The Bertz CT molecular complexity index is 967. The van der Waals surface area contributed by atoms with Gasteiger partial charge in [0.25, 0.3) is 0 Å². The van der Waals surface area contributed by atoms with E-state index >= 15 is 0 Å². The minimum atomic E-state index is 0.393. The molecule has 2 aromatic carbocycles. The highest BCUT2D eigenvalue weighted by atomic mass is 15.3. The number of aliphatic imine (C=N–C) groups is 1. The summed E-state index contributed by atoms with van der Waals surface area (Å²) < 4.78 is 1.95. The predicted molar refractivity (Wildman–Crippen MR) is 126 cm³/mol. The highest BCUT2D eigenvalue weighted by Crippen LogP contribution is 2.20. The molecular weight excluding hydrogens is 384 g/mol. The fourth-order valence-electron chi connectivity index (χ4n) is 4.26. The summed E-state index contributed by atoms with van der Waals surface area (Å²) in [6, 6.07) is 22.1. The number of guanidine groups is 1. The molecule has 1 fully saturated rings. The summed E-state index contributed by atoms with van der Waals surface area (Å²) in [5, 5.41) is 11.5. The molecule has 1 saturated heterocycles. The molecule has 0 aliphatic carbocycles. The van der Waals surface area contributed by atoms with Gasteiger partial charge in [0, 0.05) is 51.2 Å². The van der Waals surface area contributed by atoms with Gasteiger partial charge in [-0.05, 0) is 36.1 Å². The lowest BCUT2D eigenvalue weighted by Gasteiger charge is -2.21. The van der Waals surface area contributed by atoms with Crippen LogP contribution in [-0.2, 0) is 19.6 Å². The van der Waals surface area contributed by atoms with E-state index in [2.05, 4.69) is 87.1 Å². The lowest BCUT2D eigenvalue weighted by molar-refractivity contribution is 0.258. The van der Waals surface area contributed by atoms with E-state index in [9.17, 15) is 0 Å². The predicted octanol–water partition coefficient (Wildman–Crippen LogP) is 3.26. The maximum Gasteiger partial charge on any atom is 0.191 e. The van der Waals surface area contributed by atoms with Gasteiger partial charge in [-0.25, -0.2) is 0 Å². The van der Waals surface area contributed by atoms with E-state index in [4.69, 9.17) is 0 Å². The lowest BCUT2D eigenvalue weighted by atomic mass is 10.1. The molecule has 4 rings (SSSR count). The number of nitrogens with zero attached hydrogens (tertiary/aromatic N) is 4. The summed E-state index contributed by atoms with van der Waals surface area (Å²) in [4.78, 5) is 7.01. The molecule has 2 N–H and O–H groups in total. The second kappa shape index (κ2) is 10.3. The topological polar surface area (TPSA) is 57.5 Å². The maximum atomic E-state index is 4.46. The van der Waals surface area contributed by atoms with Crippen LogP contribution in [-0.4, -0.2) is 46.3 Å². The van der Waals surface area contributed by atoms with Gasteiger partial charge in [-0.15, -0.1) is 0 Å². The number of rotatable bonds is 7. The van der Waals surface area contributed by atoms with Crippen molar-refractivity contribution in [2.45, 2.75) is 45.1 Å². The molecule has 162 valence electrons. The normalized spacial score (nSPS) is 19.5. The highest BCUT2D eigenvalue weighted by Gasteiger charge is 2.29. The highest BCUT2D eigenvalue weighted by molar-refractivity contribution is 5.80. The van der Waals surface area contributed by atoms with Crippen molar-refractivity contribution in [3.63, 3.8) is 0 Å². The van der Waals surface area contributed by atoms with E-state index in [0.29, 0.717) is 12.1 Å². The number of hydrogen-bond acceptors (Lipinski definition) is 3. The third kappa shape index (κ3) is 5.73. The van der Waals surface area contributed by atoms with Gasteiger partial charge < -0.3 is 10.6 Å². The Balaban J connectivity index is 1.31. The Labute approximate surface area is 185 Å². The second-order valence-corrected chi connectivity index (χ2v) is 8.24. The SMILES string of the molecule is CN=C(NCc1ccccc1Cn1cccn1)NC1CC(C)N(Cc2ccccc2)C1. The molecule has 0 amide bonds. The molecule has 0 bridgehead atoms. The lowest BCUT2D eigenvalue weighted by Crippen LogP contribution is -2.44. The van der Waals surface area contributed by atoms with E-state index < -0.39 is 0 Å². The van der Waals surface area contributed by atoms with Crippen LogP contribution in [0.4, 0.5) is 0 Å². The summed E-state index contributed by atoms with van der Waals surface area (Å²) in [5.74, 6) is 0.854. The van der Waals surface area contributed by atoms with Crippen molar-refractivity contribution >= 4 is 5.96 Å². The third-order valence-corrected chi connectivity index (χ3v) is 5.95. The first-order valence-electron chi connectivity index (χ1n) is 11.0. The van der Waals surface area contributed by atoms with Crippen LogP contribution < -0.4 is 10.6 Å². The number of nitrogens with one attached hydrogen (secondary N) is 2. The van der Waals surface area contributed by atoms with Gasteiger partial charge in [0.05, 0.1) is 6.54 Å². The van der Waals surface area contributed by atoms with Crippen LogP contribution in [0.25, 0.3) is 0 Å². The van der Waals surface area contributed by atoms with Crippen LogP contribution in [0.3, 0.4) is 0 Å². The van der Waals surface area contributed by atoms with Crippen molar-refractivity contribution in [2.24, 2.45) is 4.99 Å². The van der Waals surface area contributed by atoms with Gasteiger partial charge >= 0.3 is 0 Å². The van der Waals surface area contributed by atoms with Gasteiger partial charge in [-0.3, -0.25) is 14.6 Å². The number of benzene rings is 2. The molecule has 0 radical (unpaired) electrons. The van der Waals surface area contributed by atoms with E-state index in [1.807, 2.05) is 30.2 Å². The van der Waals surface area contributed by atoms with Crippen molar-refractivity contribution in [2.75, 3.05) is 13.6 Å². The first kappa shape index (κ1) is 21.1. The molecule has 6 nitrogen and oxygen atoms in total. The van der Waals surface area contributed by atoms with Crippen molar-refractivity contribution in [1.82, 2.24) is 25.3 Å². The molecule has 2 heterocycles. The Morgan fingerprint density at radius 1 is 1.03 bits per heavy atom.